The van der Waals surface area contributed by atoms with Crippen molar-refractivity contribution in [3.05, 3.63) is 0 Å². The molecule has 4 unspecified atom stereocenters. The van der Waals surface area contributed by atoms with Crippen molar-refractivity contribution in [1.82, 2.24) is 10.2 Å². The largest absolute Gasteiger partial charge is 0.316 e. The molecule has 3 rings (SSSR count). The van der Waals surface area contributed by atoms with Crippen molar-refractivity contribution in [3.63, 3.8) is 0 Å². The normalized spacial score (nSPS) is 41.5. The van der Waals surface area contributed by atoms with E-state index in [2.05, 4.69) is 31.1 Å². The van der Waals surface area contributed by atoms with E-state index in [-0.39, 0.29) is 0 Å². The van der Waals surface area contributed by atoms with Gasteiger partial charge in [0.05, 0.1) is 0 Å². The molecule has 0 bridgehead atoms. The Labute approximate surface area is 125 Å². The first-order chi connectivity index (χ1) is 9.62. The fraction of sp³-hybridized carbons (Fsp3) is 1.00. The van der Waals surface area contributed by atoms with E-state index in [9.17, 15) is 0 Å². The molecular formula is C18H34N2. The fourth-order valence-corrected chi connectivity index (χ4v) is 5.63. The lowest BCUT2D eigenvalue weighted by atomic mass is 9.67. The van der Waals surface area contributed by atoms with E-state index in [1.54, 1.807) is 0 Å². The number of hydrogen-bond donors (Lipinski definition) is 1. The minimum atomic E-state index is 0.476. The first-order valence-electron chi connectivity index (χ1n) is 9.03. The van der Waals surface area contributed by atoms with Crippen LogP contribution in [0.25, 0.3) is 0 Å². The summed E-state index contributed by atoms with van der Waals surface area (Å²) in [4.78, 5) is 2.88. The second kappa shape index (κ2) is 5.96. The highest BCUT2D eigenvalue weighted by atomic mass is 15.2. The van der Waals surface area contributed by atoms with E-state index in [0.29, 0.717) is 11.5 Å². The van der Waals surface area contributed by atoms with E-state index < -0.39 is 0 Å². The molecule has 0 spiro atoms. The van der Waals surface area contributed by atoms with Gasteiger partial charge in [0.15, 0.2) is 0 Å². The molecule has 1 heterocycles. The summed E-state index contributed by atoms with van der Waals surface area (Å²) in [6, 6.07) is 1.64. The number of fused-ring (bicyclic) bond motifs is 1. The van der Waals surface area contributed by atoms with Crippen LogP contribution in [0.3, 0.4) is 0 Å². The fourth-order valence-electron chi connectivity index (χ4n) is 5.63. The SMILES string of the molecule is CNC1C(CN2CCC3CCCCC32)CCCC1(C)C. The third-order valence-electron chi connectivity index (χ3n) is 6.61. The zero-order valence-electron chi connectivity index (χ0n) is 13.8. The van der Waals surface area contributed by atoms with Crippen molar-refractivity contribution in [2.45, 2.75) is 77.3 Å². The van der Waals surface area contributed by atoms with Crippen LogP contribution in [0.2, 0.25) is 0 Å². The molecule has 3 aliphatic rings. The maximum atomic E-state index is 3.66. The zero-order chi connectivity index (χ0) is 14.2. The van der Waals surface area contributed by atoms with Gasteiger partial charge in [0.2, 0.25) is 0 Å². The summed E-state index contributed by atoms with van der Waals surface area (Å²) in [5.74, 6) is 1.90. The summed E-state index contributed by atoms with van der Waals surface area (Å²) in [7, 11) is 2.18. The van der Waals surface area contributed by atoms with Crippen LogP contribution in [0.15, 0.2) is 0 Å². The molecule has 0 radical (unpaired) electrons. The molecule has 0 aromatic rings. The third kappa shape index (κ3) is 2.78. The van der Waals surface area contributed by atoms with Crippen LogP contribution >= 0.6 is 0 Å². The monoisotopic (exact) mass is 278 g/mol. The van der Waals surface area contributed by atoms with E-state index in [4.69, 9.17) is 0 Å². The Morgan fingerprint density at radius 3 is 2.65 bits per heavy atom. The number of likely N-dealkylation sites (tertiary alicyclic amines) is 1. The van der Waals surface area contributed by atoms with Crippen LogP contribution < -0.4 is 5.32 Å². The van der Waals surface area contributed by atoms with Gasteiger partial charge in [0.1, 0.15) is 0 Å². The summed E-state index contributed by atoms with van der Waals surface area (Å²) in [6.45, 7) is 7.67. The molecule has 2 heteroatoms. The predicted molar refractivity (Wildman–Crippen MR) is 85.9 cm³/mol. The molecular weight excluding hydrogens is 244 g/mol. The number of nitrogens with one attached hydrogen (secondary N) is 1. The van der Waals surface area contributed by atoms with Gasteiger partial charge in [-0.3, -0.25) is 4.90 Å². The molecule has 2 saturated carbocycles. The minimum absolute atomic E-state index is 0.476. The molecule has 1 aliphatic heterocycles. The van der Waals surface area contributed by atoms with Gasteiger partial charge in [-0.05, 0) is 62.9 Å². The van der Waals surface area contributed by atoms with Crippen LogP contribution in [0, 0.1) is 17.3 Å². The molecule has 0 aromatic carbocycles. The van der Waals surface area contributed by atoms with E-state index in [1.807, 2.05) is 0 Å². The highest BCUT2D eigenvalue weighted by Gasteiger charge is 2.41. The number of rotatable bonds is 3. The number of nitrogens with zero attached hydrogens (tertiary/aromatic N) is 1. The van der Waals surface area contributed by atoms with Crippen molar-refractivity contribution >= 4 is 0 Å². The highest BCUT2D eigenvalue weighted by molar-refractivity contribution is 4.97. The molecule has 116 valence electrons. The van der Waals surface area contributed by atoms with Gasteiger partial charge in [-0.2, -0.15) is 0 Å². The second-order valence-corrected chi connectivity index (χ2v) is 8.30. The first kappa shape index (κ1) is 14.8. The quantitative estimate of drug-likeness (QED) is 0.847. The van der Waals surface area contributed by atoms with Crippen molar-refractivity contribution < 1.29 is 0 Å². The lowest BCUT2D eigenvalue weighted by molar-refractivity contribution is 0.0705. The maximum Gasteiger partial charge on any atom is 0.0156 e. The lowest BCUT2D eigenvalue weighted by Crippen LogP contribution is -2.52. The van der Waals surface area contributed by atoms with Gasteiger partial charge in [0.25, 0.3) is 0 Å². The van der Waals surface area contributed by atoms with Gasteiger partial charge < -0.3 is 5.32 Å². The first-order valence-corrected chi connectivity index (χ1v) is 9.03. The Kier molecular flexibility index (Phi) is 4.42. The van der Waals surface area contributed by atoms with E-state index >= 15 is 0 Å². The average Bonchev–Trinajstić information content (AvgIpc) is 2.82. The van der Waals surface area contributed by atoms with Crippen LogP contribution in [0.5, 0.6) is 0 Å². The summed E-state index contributed by atoms with van der Waals surface area (Å²) < 4.78 is 0. The number of hydrogen-bond acceptors (Lipinski definition) is 2. The molecule has 0 amide bonds. The second-order valence-electron chi connectivity index (χ2n) is 8.30. The predicted octanol–water partition coefficient (Wildman–Crippen LogP) is 3.67. The summed E-state index contributed by atoms with van der Waals surface area (Å²) in [6.07, 6.45) is 11.7. The molecule has 20 heavy (non-hydrogen) atoms. The Morgan fingerprint density at radius 2 is 1.85 bits per heavy atom. The van der Waals surface area contributed by atoms with Crippen LogP contribution in [0.4, 0.5) is 0 Å². The Morgan fingerprint density at radius 1 is 1.05 bits per heavy atom. The molecule has 1 saturated heterocycles. The molecule has 2 nitrogen and oxygen atoms in total. The Hall–Kier alpha value is -0.0800. The Balaban J connectivity index is 1.64. The van der Waals surface area contributed by atoms with Crippen molar-refractivity contribution in [2.24, 2.45) is 17.3 Å². The van der Waals surface area contributed by atoms with E-state index in [1.165, 1.54) is 64.5 Å². The van der Waals surface area contributed by atoms with Crippen LogP contribution in [-0.4, -0.2) is 37.1 Å². The van der Waals surface area contributed by atoms with Gasteiger partial charge in [-0.1, -0.05) is 33.1 Å². The molecule has 2 aliphatic carbocycles. The smallest absolute Gasteiger partial charge is 0.0156 e. The Bertz CT molecular complexity index is 325. The topological polar surface area (TPSA) is 15.3 Å². The van der Waals surface area contributed by atoms with Crippen LogP contribution in [-0.2, 0) is 0 Å². The van der Waals surface area contributed by atoms with Gasteiger partial charge in [0, 0.05) is 18.6 Å². The van der Waals surface area contributed by atoms with Gasteiger partial charge >= 0.3 is 0 Å². The summed E-state index contributed by atoms with van der Waals surface area (Å²) >= 11 is 0. The minimum Gasteiger partial charge on any atom is -0.316 e. The molecule has 0 aromatic heterocycles. The van der Waals surface area contributed by atoms with E-state index in [0.717, 1.165) is 17.9 Å². The average molecular weight is 278 g/mol. The zero-order valence-corrected chi connectivity index (χ0v) is 13.8. The van der Waals surface area contributed by atoms with Gasteiger partial charge in [-0.25, -0.2) is 0 Å². The molecule has 1 N–H and O–H groups in total. The highest BCUT2D eigenvalue weighted by Crippen LogP contribution is 2.42. The van der Waals surface area contributed by atoms with Crippen molar-refractivity contribution in [1.29, 1.82) is 0 Å². The van der Waals surface area contributed by atoms with Gasteiger partial charge in [-0.15, -0.1) is 0 Å². The van der Waals surface area contributed by atoms with Crippen molar-refractivity contribution in [2.75, 3.05) is 20.1 Å². The summed E-state index contributed by atoms with van der Waals surface area (Å²) in [5.41, 5.74) is 0.476. The lowest BCUT2D eigenvalue weighted by Gasteiger charge is -2.46. The molecule has 3 fully saturated rings. The van der Waals surface area contributed by atoms with Crippen LogP contribution in [0.1, 0.15) is 65.2 Å². The summed E-state index contributed by atoms with van der Waals surface area (Å²) in [5, 5.41) is 3.66. The molecule has 4 atom stereocenters. The van der Waals surface area contributed by atoms with Crippen molar-refractivity contribution in [3.8, 4) is 0 Å². The maximum absolute atomic E-state index is 3.66. The standard InChI is InChI=1S/C18H34N2/c1-18(2)11-6-8-15(17(18)19-3)13-20-12-10-14-7-4-5-9-16(14)20/h14-17,19H,4-13H2,1-3H3. The third-order valence-corrected chi connectivity index (χ3v) is 6.61.